The molecule has 4 atom stereocenters. The lowest BCUT2D eigenvalue weighted by Crippen LogP contribution is -2.58. The summed E-state index contributed by atoms with van der Waals surface area (Å²) in [5.41, 5.74) is 11.7. The minimum Gasteiger partial charge on any atom is -0.480 e. The molecule has 1 aromatic rings. The van der Waals surface area contributed by atoms with E-state index in [1.807, 2.05) is 19.9 Å². The summed E-state index contributed by atoms with van der Waals surface area (Å²) in [7, 11) is 0. The van der Waals surface area contributed by atoms with Crippen LogP contribution in [0.25, 0.3) is 0 Å². The first-order valence-corrected chi connectivity index (χ1v) is 11.4. The van der Waals surface area contributed by atoms with Crippen LogP contribution in [-0.2, 0) is 30.4 Å². The Kier molecular flexibility index (Phi) is 12.1. The quantitative estimate of drug-likeness (QED) is 0.160. The van der Waals surface area contributed by atoms with E-state index < -0.39 is 60.2 Å². The van der Waals surface area contributed by atoms with Gasteiger partial charge in [-0.15, -0.1) is 0 Å². The molecule has 0 spiro atoms. The molecule has 0 radical (unpaired) electrons. The van der Waals surface area contributed by atoms with Crippen LogP contribution in [0.5, 0.6) is 0 Å². The van der Waals surface area contributed by atoms with E-state index in [9.17, 15) is 29.1 Å². The van der Waals surface area contributed by atoms with Crippen molar-refractivity contribution in [1.82, 2.24) is 16.0 Å². The Balaban J connectivity index is 2.98. The van der Waals surface area contributed by atoms with Gasteiger partial charge in [0, 0.05) is 12.2 Å². The molecule has 1 rings (SSSR count). The molecule has 11 nitrogen and oxygen atoms in total. The maximum atomic E-state index is 13.0. The first-order valence-electron chi connectivity index (χ1n) is 10.8. The van der Waals surface area contributed by atoms with E-state index >= 15 is 0 Å². The third-order valence-corrected chi connectivity index (χ3v) is 5.18. The topological polar surface area (TPSA) is 194 Å². The number of hydrogen-bond acceptors (Lipinski definition) is 7. The van der Waals surface area contributed by atoms with Gasteiger partial charge in [0.05, 0.1) is 12.5 Å². The van der Waals surface area contributed by atoms with Crippen LogP contribution in [-0.4, -0.2) is 64.6 Å². The molecule has 1 aromatic carbocycles. The van der Waals surface area contributed by atoms with Crippen molar-refractivity contribution >= 4 is 42.2 Å². The lowest BCUT2D eigenvalue weighted by atomic mass is 10.0. The Morgan fingerprint density at radius 3 is 1.94 bits per heavy atom. The maximum absolute atomic E-state index is 13.0. The second-order valence-corrected chi connectivity index (χ2v) is 8.67. The number of aliphatic carboxylic acids is 1. The van der Waals surface area contributed by atoms with Crippen LogP contribution in [0.3, 0.4) is 0 Å². The number of benzene rings is 1. The number of nitrogens with two attached hydrogens (primary N) is 2. The van der Waals surface area contributed by atoms with Crippen LogP contribution < -0.4 is 27.4 Å². The molecule has 0 aliphatic heterocycles. The third kappa shape index (κ3) is 10.2. The predicted molar refractivity (Wildman–Crippen MR) is 129 cm³/mol. The first kappa shape index (κ1) is 28.9. The van der Waals surface area contributed by atoms with Crippen LogP contribution in [0.2, 0.25) is 0 Å². The van der Waals surface area contributed by atoms with Crippen LogP contribution in [0.4, 0.5) is 0 Å². The van der Waals surface area contributed by atoms with Crippen LogP contribution in [0.15, 0.2) is 30.3 Å². The van der Waals surface area contributed by atoms with Crippen LogP contribution in [0, 0.1) is 5.92 Å². The van der Waals surface area contributed by atoms with Gasteiger partial charge in [-0.3, -0.25) is 19.2 Å². The average Bonchev–Trinajstić information content (AvgIpc) is 2.75. The molecular weight excluding hydrogens is 462 g/mol. The number of carbonyl (C=O) groups is 5. The molecule has 0 heterocycles. The van der Waals surface area contributed by atoms with Crippen LogP contribution >= 0.6 is 12.6 Å². The van der Waals surface area contributed by atoms with Crippen molar-refractivity contribution in [2.45, 2.75) is 57.3 Å². The molecule has 0 bridgehead atoms. The molecule has 12 heteroatoms. The fraction of sp³-hybridized carbons (Fsp3) is 0.500. The summed E-state index contributed by atoms with van der Waals surface area (Å²) in [5.74, 6) is -4.42. The number of carboxylic acids is 1. The van der Waals surface area contributed by atoms with E-state index in [4.69, 9.17) is 11.5 Å². The Hall–Kier alpha value is -3.12. The normalized spacial score (nSPS) is 14.4. The van der Waals surface area contributed by atoms with Crippen molar-refractivity contribution < 1.29 is 29.1 Å². The molecule has 188 valence electrons. The highest BCUT2D eigenvalue weighted by atomic mass is 32.1. The highest BCUT2D eigenvalue weighted by Gasteiger charge is 2.30. The Bertz CT molecular complexity index is 867. The zero-order valence-corrected chi connectivity index (χ0v) is 20.1. The van der Waals surface area contributed by atoms with Gasteiger partial charge in [0.25, 0.3) is 0 Å². The van der Waals surface area contributed by atoms with Gasteiger partial charge in [-0.25, -0.2) is 4.79 Å². The number of primary amides is 1. The van der Waals surface area contributed by atoms with Crippen molar-refractivity contribution in [2.24, 2.45) is 17.4 Å². The molecule has 8 N–H and O–H groups in total. The monoisotopic (exact) mass is 495 g/mol. The van der Waals surface area contributed by atoms with E-state index in [0.29, 0.717) is 6.42 Å². The van der Waals surface area contributed by atoms with E-state index in [0.717, 1.165) is 5.56 Å². The van der Waals surface area contributed by atoms with Gasteiger partial charge in [-0.1, -0.05) is 44.2 Å². The molecule has 0 aromatic heterocycles. The average molecular weight is 496 g/mol. The van der Waals surface area contributed by atoms with E-state index in [1.165, 1.54) is 0 Å². The number of thiol groups is 1. The zero-order valence-electron chi connectivity index (χ0n) is 19.2. The van der Waals surface area contributed by atoms with Gasteiger partial charge in [0.2, 0.25) is 23.6 Å². The lowest BCUT2D eigenvalue weighted by molar-refractivity contribution is -0.143. The minimum absolute atomic E-state index is 0.132. The van der Waals surface area contributed by atoms with Gasteiger partial charge < -0.3 is 32.5 Å². The second-order valence-electron chi connectivity index (χ2n) is 8.30. The number of rotatable bonds is 14. The molecule has 4 amide bonds. The molecule has 0 saturated carbocycles. The van der Waals surface area contributed by atoms with E-state index in [-0.39, 0.29) is 18.1 Å². The summed E-state index contributed by atoms with van der Waals surface area (Å²) in [6, 6.07) is 4.28. The SMILES string of the molecule is CC(C)CC(N)C(=O)NC(Cc1ccccc1)C(=O)NC(CS)C(=O)NC(CC(N)=O)C(=O)O. The summed E-state index contributed by atoms with van der Waals surface area (Å²) in [4.78, 5) is 60.5. The fourth-order valence-corrected chi connectivity index (χ4v) is 3.35. The highest BCUT2D eigenvalue weighted by Crippen LogP contribution is 2.07. The number of amides is 4. The standard InChI is InChI=1S/C22H33N5O6S/c1-12(2)8-14(23)19(29)25-15(9-13-6-4-3-5-7-13)20(30)27-17(11-34)21(31)26-16(22(32)33)10-18(24)28/h3-7,12,14-17,34H,8-11,23H2,1-2H3,(H2,24,28)(H,25,29)(H,26,31)(H,27,30)(H,32,33). The van der Waals surface area contributed by atoms with E-state index in [1.54, 1.807) is 24.3 Å². The highest BCUT2D eigenvalue weighted by molar-refractivity contribution is 7.80. The Labute approximate surface area is 203 Å². The Morgan fingerprint density at radius 2 is 1.44 bits per heavy atom. The van der Waals surface area contributed by atoms with Crippen molar-refractivity contribution in [1.29, 1.82) is 0 Å². The van der Waals surface area contributed by atoms with Gasteiger partial charge in [0.1, 0.15) is 18.1 Å². The van der Waals surface area contributed by atoms with E-state index in [2.05, 4.69) is 28.6 Å². The number of nitrogens with one attached hydrogen (secondary N) is 3. The number of carbonyl (C=O) groups excluding carboxylic acids is 4. The smallest absolute Gasteiger partial charge is 0.326 e. The van der Waals surface area contributed by atoms with Gasteiger partial charge in [0.15, 0.2) is 0 Å². The summed E-state index contributed by atoms with van der Waals surface area (Å²) in [6.07, 6.45) is -0.0640. The predicted octanol–water partition coefficient (Wildman–Crippen LogP) is -1.05. The zero-order chi connectivity index (χ0) is 25.8. The van der Waals surface area contributed by atoms with Gasteiger partial charge in [-0.05, 0) is 17.9 Å². The van der Waals surface area contributed by atoms with Crippen molar-refractivity contribution in [3.05, 3.63) is 35.9 Å². The summed E-state index contributed by atoms with van der Waals surface area (Å²) in [6.45, 7) is 3.83. The number of hydrogen-bond donors (Lipinski definition) is 7. The lowest BCUT2D eigenvalue weighted by Gasteiger charge is -2.24. The molecule has 0 saturated heterocycles. The minimum atomic E-state index is -1.56. The molecular formula is C22H33N5O6S. The van der Waals surface area contributed by atoms with Gasteiger partial charge >= 0.3 is 5.97 Å². The molecule has 4 unspecified atom stereocenters. The number of carboxylic acid groups (broad SMARTS) is 1. The molecule has 0 aliphatic rings. The fourth-order valence-electron chi connectivity index (χ4n) is 3.09. The summed E-state index contributed by atoms with van der Waals surface area (Å²) >= 11 is 4.06. The third-order valence-electron chi connectivity index (χ3n) is 4.81. The first-order chi connectivity index (χ1) is 15.9. The second kappa shape index (κ2) is 14.2. The van der Waals surface area contributed by atoms with Crippen LogP contribution in [0.1, 0.15) is 32.3 Å². The maximum Gasteiger partial charge on any atom is 0.326 e. The Morgan fingerprint density at radius 1 is 0.912 bits per heavy atom. The largest absolute Gasteiger partial charge is 0.480 e. The molecule has 34 heavy (non-hydrogen) atoms. The molecule has 0 fully saturated rings. The van der Waals surface area contributed by atoms with Crippen molar-refractivity contribution in [2.75, 3.05) is 5.75 Å². The van der Waals surface area contributed by atoms with Crippen molar-refractivity contribution in [3.63, 3.8) is 0 Å². The summed E-state index contributed by atoms with van der Waals surface area (Å²) < 4.78 is 0. The van der Waals surface area contributed by atoms with Crippen molar-refractivity contribution in [3.8, 4) is 0 Å². The molecule has 0 aliphatic carbocycles. The van der Waals surface area contributed by atoms with Gasteiger partial charge in [-0.2, -0.15) is 12.6 Å². The summed E-state index contributed by atoms with van der Waals surface area (Å²) in [5, 5.41) is 16.5.